The van der Waals surface area contributed by atoms with Crippen molar-refractivity contribution in [2.24, 2.45) is 0 Å². The molecule has 0 unspecified atom stereocenters. The Bertz CT molecular complexity index is 1320. The summed E-state index contributed by atoms with van der Waals surface area (Å²) in [5, 5.41) is 2.03. The zero-order chi connectivity index (χ0) is 26.6. The summed E-state index contributed by atoms with van der Waals surface area (Å²) in [6.45, 7) is 6.23. The van der Waals surface area contributed by atoms with Crippen molar-refractivity contribution in [1.29, 1.82) is 0 Å². The molecule has 0 bridgehead atoms. The number of ether oxygens (including phenoxy) is 2. The van der Waals surface area contributed by atoms with Crippen molar-refractivity contribution in [1.82, 2.24) is 9.21 Å². The van der Waals surface area contributed by atoms with E-state index in [4.69, 9.17) is 9.47 Å². The van der Waals surface area contributed by atoms with Crippen LogP contribution in [0.5, 0.6) is 11.5 Å². The molecule has 0 aliphatic carbocycles. The Kier molecular flexibility index (Phi) is 8.56. The summed E-state index contributed by atoms with van der Waals surface area (Å²) in [4.78, 5) is 17.0. The summed E-state index contributed by atoms with van der Waals surface area (Å²) in [6, 6.07) is 15.5. The first-order valence-corrected chi connectivity index (χ1v) is 14.8. The molecular weight excluding hydrogens is 508 g/mol. The molecule has 0 radical (unpaired) electrons. The molecule has 1 aromatic heterocycles. The molecule has 37 heavy (non-hydrogen) atoms. The number of thiophene rings is 1. The van der Waals surface area contributed by atoms with Gasteiger partial charge in [0.25, 0.3) is 0 Å². The second-order valence-electron chi connectivity index (χ2n) is 9.26. The Hall–Kier alpha value is -2.88. The van der Waals surface area contributed by atoms with E-state index in [0.717, 1.165) is 17.5 Å². The van der Waals surface area contributed by atoms with Gasteiger partial charge >= 0.3 is 0 Å². The summed E-state index contributed by atoms with van der Waals surface area (Å²) in [6.07, 6.45) is 1.33. The minimum Gasteiger partial charge on any atom is -0.497 e. The number of aryl methyl sites for hydroxylation is 1. The van der Waals surface area contributed by atoms with Gasteiger partial charge in [-0.3, -0.25) is 4.79 Å². The number of methoxy groups -OCH3 is 1. The maximum absolute atomic E-state index is 13.8. The molecule has 198 valence electrons. The number of amides is 1. The molecule has 0 saturated heterocycles. The first-order valence-electron chi connectivity index (χ1n) is 12.5. The Labute approximate surface area is 223 Å². The first kappa shape index (κ1) is 27.2. The van der Waals surface area contributed by atoms with E-state index in [0.29, 0.717) is 24.5 Å². The standard InChI is InChI=1S/C28H34N2O5S2/c1-5-21(3)30(37(32,33)24-11-9-20(2)10-12-24)18-28(31)29-15-13-27-25(14-16-36-27)26(29)19-35-23-8-6-7-22(17-23)34-4/h6-12,14,16-17,21,26H,5,13,15,18-19H2,1-4H3/t21-,26-/m0/s1. The lowest BCUT2D eigenvalue weighted by Crippen LogP contribution is -2.49. The minimum absolute atomic E-state index is 0.197. The number of carbonyl (C=O) groups is 1. The average Bonchev–Trinajstić information content (AvgIpc) is 3.39. The average molecular weight is 543 g/mol. The summed E-state index contributed by atoms with van der Waals surface area (Å²) in [7, 11) is -2.25. The van der Waals surface area contributed by atoms with E-state index >= 15 is 0 Å². The third-order valence-corrected chi connectivity index (χ3v) is 9.84. The van der Waals surface area contributed by atoms with Crippen molar-refractivity contribution in [3.05, 3.63) is 76.0 Å². The normalized spacial score (nSPS) is 16.4. The molecule has 2 aromatic carbocycles. The molecule has 1 aliphatic rings. The SMILES string of the molecule is CC[C@H](C)N(CC(=O)N1CCc2sccc2[C@@H]1COc1cccc(OC)c1)S(=O)(=O)c1ccc(C)cc1. The van der Waals surface area contributed by atoms with Gasteiger partial charge in [-0.05, 0) is 68.0 Å². The molecule has 0 saturated carbocycles. The minimum atomic E-state index is -3.85. The van der Waals surface area contributed by atoms with Crippen LogP contribution in [0.2, 0.25) is 0 Å². The summed E-state index contributed by atoms with van der Waals surface area (Å²) in [5.74, 6) is 1.11. The third-order valence-electron chi connectivity index (χ3n) is 6.87. The third kappa shape index (κ3) is 6.00. The second-order valence-corrected chi connectivity index (χ2v) is 12.2. The maximum Gasteiger partial charge on any atom is 0.243 e. The van der Waals surface area contributed by atoms with Crippen LogP contribution in [0.25, 0.3) is 0 Å². The fourth-order valence-corrected chi connectivity index (χ4v) is 7.07. The number of nitrogens with zero attached hydrogens (tertiary/aromatic N) is 2. The molecule has 0 N–H and O–H groups in total. The fraction of sp³-hybridized carbons (Fsp3) is 0.393. The predicted molar refractivity (Wildman–Crippen MR) is 146 cm³/mol. The largest absolute Gasteiger partial charge is 0.497 e. The van der Waals surface area contributed by atoms with Gasteiger partial charge in [-0.1, -0.05) is 30.7 Å². The number of carbonyl (C=O) groups excluding carboxylic acids is 1. The number of rotatable bonds is 10. The van der Waals surface area contributed by atoms with E-state index in [-0.39, 0.29) is 36.0 Å². The molecule has 7 nitrogen and oxygen atoms in total. The molecule has 9 heteroatoms. The van der Waals surface area contributed by atoms with Gasteiger partial charge in [0.15, 0.2) is 0 Å². The molecule has 2 atom stereocenters. The summed E-state index contributed by atoms with van der Waals surface area (Å²) in [5.41, 5.74) is 2.04. The van der Waals surface area contributed by atoms with Gasteiger partial charge in [0.1, 0.15) is 18.1 Å². The van der Waals surface area contributed by atoms with Crippen LogP contribution in [0.15, 0.2) is 64.9 Å². The highest BCUT2D eigenvalue weighted by Crippen LogP contribution is 2.34. The van der Waals surface area contributed by atoms with Gasteiger partial charge in [0, 0.05) is 23.5 Å². The highest BCUT2D eigenvalue weighted by Gasteiger charge is 2.36. The lowest BCUT2D eigenvalue weighted by molar-refractivity contribution is -0.135. The van der Waals surface area contributed by atoms with Crippen LogP contribution in [0.1, 0.15) is 42.3 Å². The molecule has 0 fully saturated rings. The van der Waals surface area contributed by atoms with Crippen LogP contribution in [0, 0.1) is 6.92 Å². The second kappa shape index (κ2) is 11.7. The van der Waals surface area contributed by atoms with Crippen LogP contribution in [-0.4, -0.2) is 56.4 Å². The topological polar surface area (TPSA) is 76.2 Å². The Morgan fingerprint density at radius 3 is 2.59 bits per heavy atom. The first-order chi connectivity index (χ1) is 17.7. The number of fused-ring (bicyclic) bond motifs is 1. The number of hydrogen-bond acceptors (Lipinski definition) is 6. The van der Waals surface area contributed by atoms with E-state index in [1.54, 1.807) is 47.6 Å². The lowest BCUT2D eigenvalue weighted by Gasteiger charge is -2.37. The van der Waals surface area contributed by atoms with Gasteiger partial charge in [0.05, 0.1) is 24.6 Å². The number of sulfonamides is 1. The quantitative estimate of drug-likeness (QED) is 0.358. The summed E-state index contributed by atoms with van der Waals surface area (Å²) >= 11 is 1.68. The van der Waals surface area contributed by atoms with Crippen LogP contribution >= 0.6 is 11.3 Å². The van der Waals surface area contributed by atoms with Crippen LogP contribution in [0.3, 0.4) is 0 Å². The number of benzene rings is 2. The zero-order valence-corrected chi connectivity index (χ0v) is 23.3. The number of hydrogen-bond donors (Lipinski definition) is 0. The van der Waals surface area contributed by atoms with Crippen LogP contribution in [-0.2, 0) is 21.2 Å². The van der Waals surface area contributed by atoms with E-state index in [9.17, 15) is 13.2 Å². The van der Waals surface area contributed by atoms with E-state index in [1.807, 2.05) is 56.5 Å². The molecule has 2 heterocycles. The Balaban J connectivity index is 1.58. The van der Waals surface area contributed by atoms with E-state index < -0.39 is 10.0 Å². The van der Waals surface area contributed by atoms with Crippen molar-refractivity contribution in [3.8, 4) is 11.5 Å². The van der Waals surface area contributed by atoms with Crippen molar-refractivity contribution in [3.63, 3.8) is 0 Å². The van der Waals surface area contributed by atoms with E-state index in [1.165, 1.54) is 9.18 Å². The van der Waals surface area contributed by atoms with E-state index in [2.05, 4.69) is 0 Å². The highest BCUT2D eigenvalue weighted by atomic mass is 32.2. The zero-order valence-electron chi connectivity index (χ0n) is 21.7. The monoisotopic (exact) mass is 542 g/mol. The van der Waals surface area contributed by atoms with Gasteiger partial charge in [-0.25, -0.2) is 8.42 Å². The van der Waals surface area contributed by atoms with Gasteiger partial charge in [0.2, 0.25) is 15.9 Å². The van der Waals surface area contributed by atoms with Crippen LogP contribution in [0.4, 0.5) is 0 Å². The predicted octanol–water partition coefficient (Wildman–Crippen LogP) is 5.06. The molecular formula is C28H34N2O5S2. The highest BCUT2D eigenvalue weighted by molar-refractivity contribution is 7.89. The lowest BCUT2D eigenvalue weighted by atomic mass is 10.0. The molecule has 3 aromatic rings. The van der Waals surface area contributed by atoms with Gasteiger partial charge in [-0.2, -0.15) is 4.31 Å². The summed E-state index contributed by atoms with van der Waals surface area (Å²) < 4.78 is 39.9. The maximum atomic E-state index is 13.8. The molecule has 0 spiro atoms. The van der Waals surface area contributed by atoms with Gasteiger partial charge in [-0.15, -0.1) is 11.3 Å². The van der Waals surface area contributed by atoms with Crippen molar-refractivity contribution >= 4 is 27.3 Å². The van der Waals surface area contributed by atoms with Crippen LogP contribution < -0.4 is 9.47 Å². The Morgan fingerprint density at radius 2 is 1.89 bits per heavy atom. The molecule has 1 aliphatic heterocycles. The Morgan fingerprint density at radius 1 is 1.16 bits per heavy atom. The van der Waals surface area contributed by atoms with Gasteiger partial charge < -0.3 is 14.4 Å². The van der Waals surface area contributed by atoms with Crippen molar-refractivity contribution < 1.29 is 22.7 Å². The van der Waals surface area contributed by atoms with Crippen molar-refractivity contribution in [2.75, 3.05) is 26.8 Å². The molecule has 4 rings (SSSR count). The fourth-order valence-electron chi connectivity index (χ4n) is 4.49. The van der Waals surface area contributed by atoms with Crippen molar-refractivity contribution in [2.45, 2.75) is 50.6 Å². The molecule has 1 amide bonds. The smallest absolute Gasteiger partial charge is 0.243 e.